The summed E-state index contributed by atoms with van der Waals surface area (Å²) < 4.78 is 14.5. The average Bonchev–Trinajstić information content (AvgIpc) is 3.19. The van der Waals surface area contributed by atoms with E-state index in [1.165, 1.54) is 0 Å². The number of piperazine rings is 1. The molecule has 31 heavy (non-hydrogen) atoms. The van der Waals surface area contributed by atoms with E-state index in [2.05, 4.69) is 15.9 Å². The maximum atomic E-state index is 12.9. The Kier molecular flexibility index (Phi) is 5.31. The maximum Gasteiger partial charge on any atom is 0.267 e. The molecule has 0 saturated carbocycles. The highest BCUT2D eigenvalue weighted by molar-refractivity contribution is 9.10. The fourth-order valence-corrected chi connectivity index (χ4v) is 4.45. The first kappa shape index (κ1) is 19.9. The van der Waals surface area contributed by atoms with Gasteiger partial charge in [0.15, 0.2) is 11.5 Å². The molecule has 5 rings (SSSR count). The van der Waals surface area contributed by atoms with Gasteiger partial charge in [-0.05, 0) is 36.4 Å². The van der Waals surface area contributed by atoms with Gasteiger partial charge in [0.05, 0.1) is 0 Å². The number of amides is 2. The van der Waals surface area contributed by atoms with Crippen LogP contribution in [0, 0.1) is 0 Å². The van der Waals surface area contributed by atoms with Crippen molar-refractivity contribution >= 4 is 38.6 Å². The first-order valence-corrected chi connectivity index (χ1v) is 11.1. The molecule has 1 fully saturated rings. The molecule has 1 saturated heterocycles. The van der Waals surface area contributed by atoms with E-state index < -0.39 is 6.10 Å². The fraction of sp³-hybridized carbons (Fsp3) is 0.304. The molecule has 2 amide bonds. The summed E-state index contributed by atoms with van der Waals surface area (Å²) in [5.74, 6) is 1.21. The molecule has 1 unspecified atom stereocenters. The van der Waals surface area contributed by atoms with Gasteiger partial charge in [-0.25, -0.2) is 0 Å². The minimum absolute atomic E-state index is 0.0543. The summed E-state index contributed by atoms with van der Waals surface area (Å²) in [5.41, 5.74) is 1.03. The topological polar surface area (TPSA) is 64.0 Å². The first-order chi connectivity index (χ1) is 15.1. The van der Waals surface area contributed by atoms with Crippen LogP contribution in [0.15, 0.2) is 59.2 Å². The molecule has 8 heteroatoms. The monoisotopic (exact) mass is 483 g/mol. The van der Waals surface area contributed by atoms with Crippen LogP contribution in [-0.4, -0.2) is 65.1 Å². The molecule has 0 N–H and O–H groups in total. The lowest BCUT2D eigenvalue weighted by atomic mass is 10.2. The summed E-state index contributed by atoms with van der Waals surface area (Å²) in [7, 11) is 0. The highest BCUT2D eigenvalue weighted by Crippen LogP contribution is 2.31. The largest absolute Gasteiger partial charge is 0.485 e. The Morgan fingerprint density at radius 2 is 1.71 bits per heavy atom. The summed E-state index contributed by atoms with van der Waals surface area (Å²) in [6.45, 7) is 2.50. The third kappa shape index (κ3) is 3.99. The van der Waals surface area contributed by atoms with Crippen LogP contribution in [-0.2, 0) is 16.1 Å². The number of rotatable bonds is 3. The number of para-hydroxylation sites is 2. The molecule has 2 aromatic carbocycles. The van der Waals surface area contributed by atoms with Gasteiger partial charge in [-0.15, -0.1) is 0 Å². The molecule has 7 nitrogen and oxygen atoms in total. The number of halogens is 1. The van der Waals surface area contributed by atoms with Crippen molar-refractivity contribution in [1.29, 1.82) is 0 Å². The van der Waals surface area contributed by atoms with Crippen molar-refractivity contribution in [2.45, 2.75) is 12.6 Å². The fourth-order valence-electron chi connectivity index (χ4n) is 4.08. The summed E-state index contributed by atoms with van der Waals surface area (Å²) in [4.78, 5) is 29.3. The number of aromatic nitrogens is 1. The van der Waals surface area contributed by atoms with Crippen molar-refractivity contribution < 1.29 is 19.1 Å². The highest BCUT2D eigenvalue weighted by Gasteiger charge is 2.33. The Morgan fingerprint density at radius 1 is 0.968 bits per heavy atom. The summed E-state index contributed by atoms with van der Waals surface area (Å²) in [6.07, 6.45) is 1.29. The second kappa shape index (κ2) is 8.26. The van der Waals surface area contributed by atoms with Gasteiger partial charge >= 0.3 is 0 Å². The lowest BCUT2D eigenvalue weighted by molar-refractivity contribution is -0.146. The lowest BCUT2D eigenvalue weighted by Gasteiger charge is -2.37. The Morgan fingerprint density at radius 3 is 2.52 bits per heavy atom. The smallest absolute Gasteiger partial charge is 0.267 e. The van der Waals surface area contributed by atoms with Crippen LogP contribution in [0.3, 0.4) is 0 Å². The van der Waals surface area contributed by atoms with E-state index in [0.717, 1.165) is 15.4 Å². The van der Waals surface area contributed by atoms with Gasteiger partial charge < -0.3 is 23.8 Å². The van der Waals surface area contributed by atoms with Gasteiger partial charge in [-0.2, -0.15) is 0 Å². The Balaban J connectivity index is 1.17. The molecule has 2 aliphatic rings. The molecule has 0 radical (unpaired) electrons. The predicted molar refractivity (Wildman–Crippen MR) is 119 cm³/mol. The van der Waals surface area contributed by atoms with Crippen molar-refractivity contribution in [3.63, 3.8) is 0 Å². The lowest BCUT2D eigenvalue weighted by Crippen LogP contribution is -2.55. The average molecular weight is 484 g/mol. The molecule has 160 valence electrons. The predicted octanol–water partition coefficient (Wildman–Crippen LogP) is 2.91. The Hall–Kier alpha value is -3.00. The molecule has 1 aromatic heterocycles. The quantitative estimate of drug-likeness (QED) is 0.574. The first-order valence-electron chi connectivity index (χ1n) is 10.3. The van der Waals surface area contributed by atoms with Crippen LogP contribution in [0.2, 0.25) is 0 Å². The molecular formula is C23H22BrN3O4. The number of carbonyl (C=O) groups is 2. The molecule has 0 bridgehead atoms. The zero-order valence-corrected chi connectivity index (χ0v) is 18.5. The van der Waals surface area contributed by atoms with Crippen molar-refractivity contribution in [2.75, 3.05) is 32.8 Å². The van der Waals surface area contributed by atoms with Gasteiger partial charge in [0, 0.05) is 47.8 Å². The second-order valence-electron chi connectivity index (χ2n) is 7.72. The molecule has 0 spiro atoms. The number of nitrogens with zero attached hydrogens (tertiary/aromatic N) is 3. The van der Waals surface area contributed by atoms with Crippen LogP contribution in [0.25, 0.3) is 10.9 Å². The standard InChI is InChI=1S/C23H22BrN3O4/c24-17-5-6-18-16(13-17)7-8-27(18)14-22(28)25-9-11-26(12-10-25)23(29)21-15-30-19-3-1-2-4-20(19)31-21/h1-8,13,21H,9-12,14-15H2. The van der Waals surface area contributed by atoms with E-state index >= 15 is 0 Å². The van der Waals surface area contributed by atoms with E-state index in [9.17, 15) is 9.59 Å². The number of carbonyl (C=O) groups excluding carboxylic acids is 2. The third-order valence-corrected chi connectivity index (χ3v) is 6.26. The van der Waals surface area contributed by atoms with E-state index in [1.54, 1.807) is 11.0 Å². The third-order valence-electron chi connectivity index (χ3n) is 5.77. The number of fused-ring (bicyclic) bond motifs is 2. The van der Waals surface area contributed by atoms with Gasteiger partial charge in [-0.3, -0.25) is 9.59 Å². The molecule has 2 aliphatic heterocycles. The van der Waals surface area contributed by atoms with Gasteiger partial charge in [0.2, 0.25) is 12.0 Å². The van der Waals surface area contributed by atoms with Gasteiger partial charge in [0.25, 0.3) is 5.91 Å². The minimum Gasteiger partial charge on any atom is -0.485 e. The molecule has 1 atom stereocenters. The Labute approximate surface area is 188 Å². The van der Waals surface area contributed by atoms with Crippen molar-refractivity contribution in [3.8, 4) is 11.5 Å². The molecule has 0 aliphatic carbocycles. The summed E-state index contributed by atoms with van der Waals surface area (Å²) in [5, 5.41) is 1.09. The van der Waals surface area contributed by atoms with Crippen LogP contribution >= 0.6 is 15.9 Å². The number of benzene rings is 2. The molecule has 3 aromatic rings. The van der Waals surface area contributed by atoms with Crippen LogP contribution in [0.4, 0.5) is 0 Å². The number of hydrogen-bond donors (Lipinski definition) is 0. The van der Waals surface area contributed by atoms with Crippen LogP contribution < -0.4 is 9.47 Å². The molecular weight excluding hydrogens is 462 g/mol. The van der Waals surface area contributed by atoms with Crippen LogP contribution in [0.5, 0.6) is 11.5 Å². The van der Waals surface area contributed by atoms with E-state index in [4.69, 9.17) is 9.47 Å². The zero-order chi connectivity index (χ0) is 21.4. The summed E-state index contributed by atoms with van der Waals surface area (Å²) >= 11 is 3.48. The van der Waals surface area contributed by atoms with Crippen molar-refractivity contribution in [1.82, 2.24) is 14.4 Å². The SMILES string of the molecule is O=C(Cn1ccc2cc(Br)ccc21)N1CCN(C(=O)C2COc3ccccc3O2)CC1. The van der Waals surface area contributed by atoms with E-state index in [-0.39, 0.29) is 25.0 Å². The Bertz CT molecular complexity index is 1140. The van der Waals surface area contributed by atoms with Gasteiger partial charge in [-0.1, -0.05) is 28.1 Å². The zero-order valence-electron chi connectivity index (χ0n) is 16.9. The maximum absolute atomic E-state index is 12.9. The van der Waals surface area contributed by atoms with Crippen molar-refractivity contribution in [3.05, 3.63) is 59.2 Å². The number of ether oxygens (including phenoxy) is 2. The normalized spacial score (nSPS) is 18.3. The second-order valence-corrected chi connectivity index (χ2v) is 8.63. The van der Waals surface area contributed by atoms with Crippen LogP contribution in [0.1, 0.15) is 0 Å². The van der Waals surface area contributed by atoms with Crippen molar-refractivity contribution in [2.24, 2.45) is 0 Å². The highest BCUT2D eigenvalue weighted by atomic mass is 79.9. The minimum atomic E-state index is -0.650. The summed E-state index contributed by atoms with van der Waals surface area (Å²) in [6, 6.07) is 15.4. The molecule has 3 heterocycles. The number of hydrogen-bond acceptors (Lipinski definition) is 4. The van der Waals surface area contributed by atoms with Gasteiger partial charge in [0.1, 0.15) is 13.2 Å². The van der Waals surface area contributed by atoms with E-state index in [1.807, 2.05) is 58.1 Å². The van der Waals surface area contributed by atoms with E-state index in [0.29, 0.717) is 37.7 Å².